The lowest BCUT2D eigenvalue weighted by Gasteiger charge is -2.16. The van der Waals surface area contributed by atoms with Crippen LogP contribution in [0.2, 0.25) is 5.02 Å². The first kappa shape index (κ1) is 24.2. The summed E-state index contributed by atoms with van der Waals surface area (Å²) >= 11 is 6.48. The van der Waals surface area contributed by atoms with E-state index in [2.05, 4.69) is 20.7 Å². The highest BCUT2D eigenvalue weighted by molar-refractivity contribution is 6.32. The van der Waals surface area contributed by atoms with E-state index in [1.807, 2.05) is 0 Å². The molecular formula is C22H21ClF2N5O5+. The van der Waals surface area contributed by atoms with Crippen LogP contribution in [-0.4, -0.2) is 40.8 Å². The van der Waals surface area contributed by atoms with E-state index in [0.717, 1.165) is 6.07 Å². The Kier molecular flexibility index (Phi) is 6.76. The highest BCUT2D eigenvalue weighted by atomic mass is 35.5. The molecule has 0 bridgehead atoms. The molecule has 0 saturated carbocycles. The number of hydrogen-bond donors (Lipinski definition) is 2. The number of imidazole rings is 1. The third-order valence-electron chi connectivity index (χ3n) is 5.19. The van der Waals surface area contributed by atoms with Crippen molar-refractivity contribution in [2.75, 3.05) is 21.3 Å². The van der Waals surface area contributed by atoms with Gasteiger partial charge in [0.25, 0.3) is 0 Å². The molecule has 2 heterocycles. The van der Waals surface area contributed by atoms with E-state index in [-0.39, 0.29) is 57.1 Å². The first-order valence-corrected chi connectivity index (χ1v) is 10.6. The molecule has 35 heavy (non-hydrogen) atoms. The number of quaternary nitrogens is 1. The van der Waals surface area contributed by atoms with Crippen molar-refractivity contribution in [2.45, 2.75) is 13.2 Å². The Morgan fingerprint density at radius 1 is 1.06 bits per heavy atom. The third-order valence-corrected chi connectivity index (χ3v) is 5.49. The molecule has 2 aromatic heterocycles. The van der Waals surface area contributed by atoms with Crippen molar-refractivity contribution in [1.29, 1.82) is 0 Å². The molecule has 10 nitrogen and oxygen atoms in total. The number of ether oxygens (including phenoxy) is 4. The van der Waals surface area contributed by atoms with Gasteiger partial charge in [0.05, 0.1) is 37.6 Å². The number of methoxy groups -OCH3 is 3. The molecular weight excluding hydrogens is 488 g/mol. The number of H-pyrrole nitrogens is 1. The summed E-state index contributed by atoms with van der Waals surface area (Å²) in [5.41, 5.74) is 3.74. The molecule has 4 rings (SSSR count). The monoisotopic (exact) mass is 508 g/mol. The van der Waals surface area contributed by atoms with Crippen LogP contribution in [0.4, 0.5) is 8.78 Å². The van der Waals surface area contributed by atoms with Gasteiger partial charge in [0, 0.05) is 12.1 Å². The van der Waals surface area contributed by atoms with E-state index in [9.17, 15) is 13.6 Å². The molecule has 2 aromatic carbocycles. The van der Waals surface area contributed by atoms with Crippen molar-refractivity contribution in [3.8, 4) is 28.8 Å². The number of aromatic amines is 1. The lowest BCUT2D eigenvalue weighted by atomic mass is 10.2. The second kappa shape index (κ2) is 9.76. The van der Waals surface area contributed by atoms with E-state index in [0.29, 0.717) is 5.82 Å². The molecule has 0 unspecified atom stereocenters. The van der Waals surface area contributed by atoms with Crippen LogP contribution in [0.1, 0.15) is 11.4 Å². The molecule has 184 valence electrons. The SMILES string of the molecule is COc1cc(Cl)c(-n2c(=O)[nH]c3c(OC)nc(C[NH3+])nc32)cc1OCc1c(OC)ccc(F)c1F. The van der Waals surface area contributed by atoms with Gasteiger partial charge in [0.1, 0.15) is 24.4 Å². The highest BCUT2D eigenvalue weighted by Crippen LogP contribution is 2.37. The van der Waals surface area contributed by atoms with Crippen molar-refractivity contribution in [2.24, 2.45) is 0 Å². The van der Waals surface area contributed by atoms with E-state index in [1.54, 1.807) is 0 Å². The van der Waals surface area contributed by atoms with Crippen molar-refractivity contribution >= 4 is 22.8 Å². The molecule has 0 amide bonds. The lowest BCUT2D eigenvalue weighted by molar-refractivity contribution is -0.388. The fourth-order valence-electron chi connectivity index (χ4n) is 3.50. The van der Waals surface area contributed by atoms with Crippen LogP contribution in [0.3, 0.4) is 0 Å². The number of nitrogens with zero attached hydrogens (tertiary/aromatic N) is 3. The predicted molar refractivity (Wildman–Crippen MR) is 121 cm³/mol. The highest BCUT2D eigenvalue weighted by Gasteiger charge is 2.22. The summed E-state index contributed by atoms with van der Waals surface area (Å²) in [5, 5.41) is 0.139. The maximum atomic E-state index is 14.4. The van der Waals surface area contributed by atoms with Crippen molar-refractivity contribution in [3.05, 3.63) is 62.8 Å². The summed E-state index contributed by atoms with van der Waals surface area (Å²) in [4.78, 5) is 24.2. The van der Waals surface area contributed by atoms with Gasteiger partial charge in [-0.3, -0.25) is 4.98 Å². The summed E-state index contributed by atoms with van der Waals surface area (Å²) in [6.07, 6.45) is 0. The molecule has 4 aromatic rings. The molecule has 0 fully saturated rings. The zero-order chi connectivity index (χ0) is 25.3. The van der Waals surface area contributed by atoms with Gasteiger partial charge in [-0.2, -0.15) is 4.98 Å². The van der Waals surface area contributed by atoms with Gasteiger partial charge < -0.3 is 24.7 Å². The minimum Gasteiger partial charge on any atom is -0.496 e. The minimum atomic E-state index is -1.10. The summed E-state index contributed by atoms with van der Waals surface area (Å²) in [6, 6.07) is 5.11. The van der Waals surface area contributed by atoms with Gasteiger partial charge in [0.15, 0.2) is 34.6 Å². The van der Waals surface area contributed by atoms with E-state index < -0.39 is 23.9 Å². The molecule has 4 N–H and O–H groups in total. The number of hydrogen-bond acceptors (Lipinski definition) is 7. The van der Waals surface area contributed by atoms with Gasteiger partial charge in [-0.05, 0) is 12.1 Å². The zero-order valence-corrected chi connectivity index (χ0v) is 19.7. The predicted octanol–water partition coefficient (Wildman–Crippen LogP) is 2.39. The second-order valence-corrected chi connectivity index (χ2v) is 7.56. The Morgan fingerprint density at radius 2 is 1.80 bits per heavy atom. The topological polar surface area (TPSA) is 128 Å². The van der Waals surface area contributed by atoms with Crippen molar-refractivity contribution in [3.63, 3.8) is 0 Å². The fraction of sp³-hybridized carbons (Fsp3) is 0.227. The van der Waals surface area contributed by atoms with Crippen LogP contribution in [0.15, 0.2) is 29.1 Å². The summed E-state index contributed by atoms with van der Waals surface area (Å²) < 4.78 is 50.9. The maximum absolute atomic E-state index is 14.4. The van der Waals surface area contributed by atoms with E-state index in [4.69, 9.17) is 30.5 Å². The number of halogens is 3. The lowest BCUT2D eigenvalue weighted by Crippen LogP contribution is -2.48. The van der Waals surface area contributed by atoms with Gasteiger partial charge >= 0.3 is 5.69 Å². The Balaban J connectivity index is 1.84. The van der Waals surface area contributed by atoms with Gasteiger partial charge in [0.2, 0.25) is 5.88 Å². The Hall–Kier alpha value is -3.90. The van der Waals surface area contributed by atoms with Gasteiger partial charge in [-0.25, -0.2) is 23.1 Å². The van der Waals surface area contributed by atoms with E-state index in [1.165, 1.54) is 44.1 Å². The van der Waals surface area contributed by atoms with Crippen LogP contribution in [-0.2, 0) is 13.2 Å². The molecule has 0 saturated heterocycles. The maximum Gasteiger partial charge on any atom is 0.332 e. The smallest absolute Gasteiger partial charge is 0.332 e. The minimum absolute atomic E-state index is 0.106. The van der Waals surface area contributed by atoms with Crippen LogP contribution in [0.5, 0.6) is 23.1 Å². The first-order chi connectivity index (χ1) is 16.8. The van der Waals surface area contributed by atoms with Crippen molar-refractivity contribution in [1.82, 2.24) is 19.5 Å². The molecule has 0 aliphatic carbocycles. The Morgan fingerprint density at radius 3 is 2.46 bits per heavy atom. The fourth-order valence-corrected chi connectivity index (χ4v) is 3.74. The third kappa shape index (κ3) is 4.33. The van der Waals surface area contributed by atoms with Crippen molar-refractivity contribution < 1.29 is 33.5 Å². The normalized spacial score (nSPS) is 11.1. The van der Waals surface area contributed by atoms with Gasteiger partial charge in [-0.15, -0.1) is 0 Å². The number of nitrogens with one attached hydrogen (secondary N) is 1. The Labute approximate surface area is 202 Å². The number of fused-ring (bicyclic) bond motifs is 1. The molecule has 13 heteroatoms. The van der Waals surface area contributed by atoms with Crippen LogP contribution < -0.4 is 30.4 Å². The first-order valence-electron chi connectivity index (χ1n) is 10.2. The molecule has 0 aliphatic heterocycles. The second-order valence-electron chi connectivity index (χ2n) is 7.15. The summed E-state index contributed by atoms with van der Waals surface area (Å²) in [5.74, 6) is -1.22. The average Bonchev–Trinajstić information content (AvgIpc) is 3.19. The van der Waals surface area contributed by atoms with Crippen LogP contribution in [0.25, 0.3) is 16.9 Å². The average molecular weight is 509 g/mol. The number of rotatable bonds is 8. The molecule has 0 aliphatic rings. The standard InChI is InChI=1S/C22H20ClF2N5O5/c1-32-14-5-4-12(24)18(25)10(14)9-35-16-7-13(11(23)6-15(16)33-2)30-20-19(29-22(30)31)21(34-3)28-17(8-26)27-20/h4-7H,8-9,26H2,1-3H3,(H,29,31)/p+1. The molecule has 0 spiro atoms. The summed E-state index contributed by atoms with van der Waals surface area (Å²) in [6.45, 7) is -0.147. The van der Waals surface area contributed by atoms with Crippen LogP contribution >= 0.6 is 11.6 Å². The van der Waals surface area contributed by atoms with E-state index >= 15 is 0 Å². The largest absolute Gasteiger partial charge is 0.496 e. The zero-order valence-electron chi connectivity index (χ0n) is 18.9. The Bertz CT molecular complexity index is 1470. The van der Waals surface area contributed by atoms with Crippen LogP contribution in [0, 0.1) is 11.6 Å². The molecule has 0 radical (unpaired) electrons. The number of benzene rings is 2. The summed E-state index contributed by atoms with van der Waals surface area (Å²) in [7, 11) is 4.13. The number of aromatic nitrogens is 4. The van der Waals surface area contributed by atoms with Gasteiger partial charge in [-0.1, -0.05) is 11.6 Å². The quantitative estimate of drug-likeness (QED) is 0.374. The molecule has 0 atom stereocenters.